The van der Waals surface area contributed by atoms with Crippen LogP contribution >= 0.6 is 27.5 Å². The summed E-state index contributed by atoms with van der Waals surface area (Å²) < 4.78 is 0.980. The van der Waals surface area contributed by atoms with Gasteiger partial charge in [-0.2, -0.15) is 0 Å². The Hall–Kier alpha value is -0.830. The van der Waals surface area contributed by atoms with E-state index in [1.165, 1.54) is 0 Å². The highest BCUT2D eigenvalue weighted by Crippen LogP contribution is 2.25. The van der Waals surface area contributed by atoms with Gasteiger partial charge in [-0.05, 0) is 47.9 Å². The first-order valence-corrected chi connectivity index (χ1v) is 6.92. The molecule has 0 amide bonds. The number of halogens is 2. The zero-order valence-electron chi connectivity index (χ0n) is 10.0. The maximum atomic E-state index is 10.3. The van der Waals surface area contributed by atoms with Crippen molar-refractivity contribution in [2.24, 2.45) is 0 Å². The first-order chi connectivity index (χ1) is 8.56. The van der Waals surface area contributed by atoms with Crippen LogP contribution in [0.2, 0.25) is 5.02 Å². The monoisotopic (exact) mass is 324 g/mol. The lowest BCUT2D eigenvalue weighted by Crippen LogP contribution is -2.04. The molecular weight excluding hydrogens is 312 g/mol. The van der Waals surface area contributed by atoms with E-state index in [1.807, 2.05) is 49.4 Å². The Morgan fingerprint density at radius 2 is 2.00 bits per heavy atom. The molecule has 1 atom stereocenters. The van der Waals surface area contributed by atoms with Crippen LogP contribution in [-0.4, -0.2) is 5.11 Å². The summed E-state index contributed by atoms with van der Waals surface area (Å²) in [7, 11) is 0. The molecule has 0 bridgehead atoms. The van der Waals surface area contributed by atoms with Crippen LogP contribution in [0.5, 0.6) is 0 Å². The second-order valence-corrected chi connectivity index (χ2v) is 5.70. The first kappa shape index (κ1) is 13.6. The molecule has 0 aliphatic rings. The van der Waals surface area contributed by atoms with Gasteiger partial charge >= 0.3 is 0 Å². The number of aliphatic hydroxyl groups excluding tert-OH is 1. The fourth-order valence-electron chi connectivity index (χ4n) is 1.97. The Bertz CT molecular complexity index is 554. The van der Waals surface area contributed by atoms with Crippen LogP contribution in [0.25, 0.3) is 0 Å². The van der Waals surface area contributed by atoms with E-state index in [-0.39, 0.29) is 0 Å². The quantitative estimate of drug-likeness (QED) is 0.868. The normalized spacial score (nSPS) is 12.4. The van der Waals surface area contributed by atoms with E-state index in [9.17, 15) is 5.11 Å². The highest BCUT2D eigenvalue weighted by molar-refractivity contribution is 9.10. The smallest absolute Gasteiger partial charge is 0.0833 e. The van der Waals surface area contributed by atoms with Gasteiger partial charge in [0.2, 0.25) is 0 Å². The fourth-order valence-corrected chi connectivity index (χ4v) is 2.56. The summed E-state index contributed by atoms with van der Waals surface area (Å²) in [6.07, 6.45) is 0.0543. The Kier molecular flexibility index (Phi) is 4.44. The van der Waals surface area contributed by atoms with Crippen molar-refractivity contribution in [2.45, 2.75) is 19.4 Å². The summed E-state index contributed by atoms with van der Waals surface area (Å²) >= 11 is 9.37. The first-order valence-electron chi connectivity index (χ1n) is 5.75. The third-order valence-corrected chi connectivity index (χ3v) is 3.65. The second-order valence-electron chi connectivity index (χ2n) is 4.35. The number of rotatable bonds is 3. The van der Waals surface area contributed by atoms with Crippen molar-refractivity contribution in [2.75, 3.05) is 0 Å². The number of aliphatic hydroxyl groups is 1. The third-order valence-electron chi connectivity index (χ3n) is 2.92. The van der Waals surface area contributed by atoms with Crippen LogP contribution in [0.4, 0.5) is 0 Å². The molecule has 2 aromatic carbocycles. The van der Waals surface area contributed by atoms with Gasteiger partial charge in [-0.3, -0.25) is 0 Å². The minimum atomic E-state index is -0.513. The molecule has 0 fully saturated rings. The van der Waals surface area contributed by atoms with E-state index in [1.54, 1.807) is 0 Å². The molecule has 2 aromatic rings. The molecule has 0 saturated carbocycles. The van der Waals surface area contributed by atoms with Gasteiger partial charge in [0, 0.05) is 15.9 Å². The molecule has 0 radical (unpaired) electrons. The zero-order chi connectivity index (χ0) is 13.1. The number of aryl methyl sites for hydroxylation is 1. The van der Waals surface area contributed by atoms with E-state index in [0.29, 0.717) is 11.4 Å². The second kappa shape index (κ2) is 5.87. The molecule has 0 spiro atoms. The highest BCUT2D eigenvalue weighted by Gasteiger charge is 2.11. The largest absolute Gasteiger partial charge is 0.388 e. The van der Waals surface area contributed by atoms with Gasteiger partial charge in [0.25, 0.3) is 0 Å². The Morgan fingerprint density at radius 3 is 2.72 bits per heavy atom. The Morgan fingerprint density at radius 1 is 1.22 bits per heavy atom. The summed E-state index contributed by atoms with van der Waals surface area (Å²) in [4.78, 5) is 0. The van der Waals surface area contributed by atoms with Gasteiger partial charge in [-0.1, -0.05) is 45.7 Å². The van der Waals surface area contributed by atoms with E-state index in [2.05, 4.69) is 15.9 Å². The van der Waals surface area contributed by atoms with E-state index in [4.69, 9.17) is 11.6 Å². The van der Waals surface area contributed by atoms with Crippen molar-refractivity contribution >= 4 is 27.5 Å². The minimum Gasteiger partial charge on any atom is -0.388 e. The van der Waals surface area contributed by atoms with E-state index >= 15 is 0 Å². The SMILES string of the molecule is Cc1ccc(Br)cc1C(O)Cc1cccc(Cl)c1. The van der Waals surface area contributed by atoms with Crippen molar-refractivity contribution in [3.05, 3.63) is 68.7 Å². The van der Waals surface area contributed by atoms with Crippen molar-refractivity contribution in [3.63, 3.8) is 0 Å². The maximum Gasteiger partial charge on any atom is 0.0833 e. The van der Waals surface area contributed by atoms with Gasteiger partial charge in [-0.25, -0.2) is 0 Å². The lowest BCUT2D eigenvalue weighted by Gasteiger charge is -2.14. The number of hydrogen-bond donors (Lipinski definition) is 1. The molecule has 1 unspecified atom stereocenters. The lowest BCUT2D eigenvalue weighted by atomic mass is 9.98. The van der Waals surface area contributed by atoms with Crippen LogP contribution in [0.3, 0.4) is 0 Å². The summed E-state index contributed by atoms with van der Waals surface area (Å²) in [5.41, 5.74) is 3.08. The average molecular weight is 326 g/mol. The average Bonchev–Trinajstić information content (AvgIpc) is 2.32. The molecule has 3 heteroatoms. The molecule has 18 heavy (non-hydrogen) atoms. The Labute approximate surface area is 121 Å². The third kappa shape index (κ3) is 3.35. The molecule has 0 aliphatic heterocycles. The highest BCUT2D eigenvalue weighted by atomic mass is 79.9. The van der Waals surface area contributed by atoms with Crippen molar-refractivity contribution in [1.82, 2.24) is 0 Å². The summed E-state index contributed by atoms with van der Waals surface area (Å²) in [5, 5.41) is 11.0. The topological polar surface area (TPSA) is 20.2 Å². The fraction of sp³-hybridized carbons (Fsp3) is 0.200. The van der Waals surface area contributed by atoms with Gasteiger partial charge in [0.15, 0.2) is 0 Å². The molecule has 0 saturated heterocycles. The van der Waals surface area contributed by atoms with Crippen LogP contribution in [0, 0.1) is 6.92 Å². The predicted octanol–water partition coefficient (Wildman–Crippen LogP) is 4.69. The van der Waals surface area contributed by atoms with Gasteiger partial charge in [-0.15, -0.1) is 0 Å². The van der Waals surface area contributed by atoms with Gasteiger partial charge in [0.1, 0.15) is 0 Å². The summed E-state index contributed by atoms with van der Waals surface area (Å²) in [6.45, 7) is 2.00. The van der Waals surface area contributed by atoms with Crippen molar-refractivity contribution in [3.8, 4) is 0 Å². The molecule has 0 aliphatic carbocycles. The van der Waals surface area contributed by atoms with E-state index < -0.39 is 6.10 Å². The van der Waals surface area contributed by atoms with Crippen molar-refractivity contribution < 1.29 is 5.11 Å². The summed E-state index contributed by atoms with van der Waals surface area (Å²) in [6, 6.07) is 13.5. The minimum absolute atomic E-state index is 0.513. The van der Waals surface area contributed by atoms with Crippen LogP contribution < -0.4 is 0 Å². The van der Waals surface area contributed by atoms with Crippen LogP contribution in [-0.2, 0) is 6.42 Å². The molecule has 0 aromatic heterocycles. The summed E-state index contributed by atoms with van der Waals surface area (Å²) in [5.74, 6) is 0. The lowest BCUT2D eigenvalue weighted by molar-refractivity contribution is 0.177. The van der Waals surface area contributed by atoms with Crippen LogP contribution in [0.15, 0.2) is 46.9 Å². The molecule has 94 valence electrons. The Balaban J connectivity index is 2.21. The standard InChI is InChI=1S/C15H14BrClO/c1-10-5-6-12(16)9-14(10)15(18)8-11-3-2-4-13(17)7-11/h2-7,9,15,18H,8H2,1H3. The molecule has 2 rings (SSSR count). The number of benzene rings is 2. The number of hydrogen-bond acceptors (Lipinski definition) is 1. The predicted molar refractivity (Wildman–Crippen MR) is 79.0 cm³/mol. The molecule has 1 N–H and O–H groups in total. The molecule has 0 heterocycles. The molecular formula is C15H14BrClO. The van der Waals surface area contributed by atoms with Crippen LogP contribution in [0.1, 0.15) is 22.8 Å². The van der Waals surface area contributed by atoms with Gasteiger partial charge in [0.05, 0.1) is 6.10 Å². The molecule has 1 nitrogen and oxygen atoms in total. The van der Waals surface area contributed by atoms with E-state index in [0.717, 1.165) is 21.2 Å². The van der Waals surface area contributed by atoms with Crippen molar-refractivity contribution in [1.29, 1.82) is 0 Å². The van der Waals surface area contributed by atoms with Gasteiger partial charge < -0.3 is 5.11 Å². The maximum absolute atomic E-state index is 10.3. The zero-order valence-corrected chi connectivity index (χ0v) is 12.4.